The van der Waals surface area contributed by atoms with Crippen LogP contribution < -0.4 is 10.1 Å². The fourth-order valence-corrected chi connectivity index (χ4v) is 2.38. The number of rotatable bonds is 0. The average molecular weight is 248 g/mol. The van der Waals surface area contributed by atoms with Gasteiger partial charge in [-0.1, -0.05) is 6.07 Å². The summed E-state index contributed by atoms with van der Waals surface area (Å²) < 4.78 is 32.0. The molecule has 2 heterocycles. The van der Waals surface area contributed by atoms with Crippen LogP contribution in [0, 0.1) is 11.6 Å². The monoisotopic (exact) mass is 247 g/mol. The summed E-state index contributed by atoms with van der Waals surface area (Å²) in [6.07, 6.45) is 1.52. The van der Waals surface area contributed by atoms with E-state index in [1.807, 2.05) is 0 Å². The molecular formula is C11H12ClF2NO. The smallest absolute Gasteiger partial charge is 0.200 e. The van der Waals surface area contributed by atoms with Crippen LogP contribution in [0.5, 0.6) is 5.75 Å². The zero-order chi connectivity index (χ0) is 10.5. The van der Waals surface area contributed by atoms with E-state index in [1.54, 1.807) is 6.07 Å². The summed E-state index contributed by atoms with van der Waals surface area (Å²) >= 11 is 0. The lowest BCUT2D eigenvalue weighted by atomic mass is 9.96. The lowest BCUT2D eigenvalue weighted by Gasteiger charge is -2.21. The van der Waals surface area contributed by atoms with E-state index in [0.717, 1.165) is 18.5 Å². The van der Waals surface area contributed by atoms with Crippen molar-refractivity contribution < 1.29 is 13.5 Å². The van der Waals surface area contributed by atoms with Crippen molar-refractivity contribution in [3.8, 4) is 5.75 Å². The zero-order valence-corrected chi connectivity index (χ0v) is 9.37. The Bertz CT molecular complexity index is 419. The minimum absolute atomic E-state index is 0. The number of hydrogen-bond donors (Lipinski definition) is 1. The van der Waals surface area contributed by atoms with Gasteiger partial charge >= 0.3 is 0 Å². The molecule has 1 N–H and O–H groups in total. The number of halogens is 3. The van der Waals surface area contributed by atoms with E-state index in [9.17, 15) is 8.78 Å². The maximum Gasteiger partial charge on any atom is 0.200 e. The maximum atomic E-state index is 13.4. The van der Waals surface area contributed by atoms with Gasteiger partial charge in [-0.05, 0) is 12.6 Å². The van der Waals surface area contributed by atoms with Gasteiger partial charge in [0.1, 0.15) is 5.60 Å². The molecule has 1 aromatic carbocycles. The first-order valence-corrected chi connectivity index (χ1v) is 5.07. The molecule has 5 heteroatoms. The van der Waals surface area contributed by atoms with Crippen molar-refractivity contribution in [2.75, 3.05) is 13.1 Å². The first-order valence-electron chi connectivity index (χ1n) is 5.07. The summed E-state index contributed by atoms with van der Waals surface area (Å²) in [6.45, 7) is 1.58. The van der Waals surface area contributed by atoms with Crippen LogP contribution >= 0.6 is 12.4 Å². The summed E-state index contributed by atoms with van der Waals surface area (Å²) in [6, 6.07) is 2.78. The van der Waals surface area contributed by atoms with Crippen molar-refractivity contribution in [1.29, 1.82) is 0 Å². The van der Waals surface area contributed by atoms with E-state index in [1.165, 1.54) is 6.07 Å². The van der Waals surface area contributed by atoms with Crippen molar-refractivity contribution in [2.24, 2.45) is 0 Å². The molecule has 0 aliphatic carbocycles. The van der Waals surface area contributed by atoms with Gasteiger partial charge in [0.25, 0.3) is 0 Å². The predicted octanol–water partition coefficient (Wildman–Crippen LogP) is 2.05. The highest BCUT2D eigenvalue weighted by Crippen LogP contribution is 2.40. The Morgan fingerprint density at radius 3 is 2.81 bits per heavy atom. The van der Waals surface area contributed by atoms with Gasteiger partial charge in [-0.3, -0.25) is 0 Å². The molecule has 16 heavy (non-hydrogen) atoms. The Labute approximate surface area is 98.4 Å². The van der Waals surface area contributed by atoms with Crippen LogP contribution in [0.15, 0.2) is 12.1 Å². The fraction of sp³-hybridized carbons (Fsp3) is 0.455. The van der Waals surface area contributed by atoms with Gasteiger partial charge in [-0.15, -0.1) is 12.4 Å². The van der Waals surface area contributed by atoms with Crippen molar-refractivity contribution in [1.82, 2.24) is 5.32 Å². The molecule has 2 aliphatic heterocycles. The maximum absolute atomic E-state index is 13.4. The molecule has 1 fully saturated rings. The Balaban J connectivity index is 0.000000963. The normalized spacial score (nSPS) is 26.4. The molecule has 1 saturated heterocycles. The molecule has 0 amide bonds. The summed E-state index contributed by atoms with van der Waals surface area (Å²) in [5, 5.41) is 3.18. The summed E-state index contributed by atoms with van der Waals surface area (Å²) in [4.78, 5) is 0. The van der Waals surface area contributed by atoms with Gasteiger partial charge in [0.05, 0.1) is 0 Å². The molecule has 88 valence electrons. The van der Waals surface area contributed by atoms with Crippen molar-refractivity contribution in [3.63, 3.8) is 0 Å². The first-order chi connectivity index (χ1) is 7.20. The Kier molecular flexibility index (Phi) is 2.80. The topological polar surface area (TPSA) is 21.3 Å². The number of ether oxygens (including phenoxy) is 1. The van der Waals surface area contributed by atoms with Gasteiger partial charge in [-0.25, -0.2) is 4.39 Å². The molecule has 1 atom stereocenters. The van der Waals surface area contributed by atoms with Gasteiger partial charge in [-0.2, -0.15) is 4.39 Å². The fourth-order valence-electron chi connectivity index (χ4n) is 2.38. The number of hydrogen-bond acceptors (Lipinski definition) is 2. The van der Waals surface area contributed by atoms with Crippen molar-refractivity contribution in [3.05, 3.63) is 29.3 Å². The molecule has 2 nitrogen and oxygen atoms in total. The highest BCUT2D eigenvalue weighted by Gasteiger charge is 2.43. The summed E-state index contributed by atoms with van der Waals surface area (Å²) in [7, 11) is 0. The molecule has 1 aromatic rings. The zero-order valence-electron chi connectivity index (χ0n) is 8.56. The van der Waals surface area contributed by atoms with Crippen molar-refractivity contribution >= 4 is 12.4 Å². The second-order valence-electron chi connectivity index (χ2n) is 4.24. The molecule has 0 radical (unpaired) electrons. The van der Waals surface area contributed by atoms with E-state index in [-0.39, 0.29) is 23.8 Å². The van der Waals surface area contributed by atoms with Crippen LogP contribution in [-0.4, -0.2) is 18.7 Å². The van der Waals surface area contributed by atoms with Crippen LogP contribution in [0.3, 0.4) is 0 Å². The summed E-state index contributed by atoms with van der Waals surface area (Å²) in [5.74, 6) is -1.58. The lowest BCUT2D eigenvalue weighted by Crippen LogP contribution is -2.36. The van der Waals surface area contributed by atoms with Gasteiger partial charge in [0.2, 0.25) is 5.82 Å². The highest BCUT2D eigenvalue weighted by molar-refractivity contribution is 5.85. The van der Waals surface area contributed by atoms with E-state index >= 15 is 0 Å². The summed E-state index contributed by atoms with van der Waals surface area (Å²) in [5.41, 5.74) is 0.439. The molecule has 0 aromatic heterocycles. The average Bonchev–Trinajstić information content (AvgIpc) is 2.81. The molecular weight excluding hydrogens is 236 g/mol. The third kappa shape index (κ3) is 1.57. The van der Waals surface area contributed by atoms with Gasteiger partial charge < -0.3 is 10.1 Å². The Morgan fingerprint density at radius 1 is 1.31 bits per heavy atom. The second-order valence-corrected chi connectivity index (χ2v) is 4.24. The standard InChI is InChI=1S/C11H11F2NO.ClH/c12-8-2-1-7-5-11(3-4-14-6-11)15-10(7)9(8)13;/h1-2,14H,3-6H2;1H. The minimum atomic E-state index is -0.851. The van der Waals surface area contributed by atoms with E-state index < -0.39 is 11.6 Å². The third-order valence-corrected chi connectivity index (χ3v) is 3.17. The van der Waals surface area contributed by atoms with Crippen LogP contribution in [0.1, 0.15) is 12.0 Å². The van der Waals surface area contributed by atoms with Crippen molar-refractivity contribution in [2.45, 2.75) is 18.4 Å². The lowest BCUT2D eigenvalue weighted by molar-refractivity contribution is 0.112. The van der Waals surface area contributed by atoms with Crippen LogP contribution in [0.25, 0.3) is 0 Å². The van der Waals surface area contributed by atoms with Crippen LogP contribution in [0.2, 0.25) is 0 Å². The van der Waals surface area contributed by atoms with Gasteiger partial charge in [0.15, 0.2) is 11.6 Å². The molecule has 2 aliphatic rings. The molecule has 1 spiro atoms. The molecule has 3 rings (SSSR count). The van der Waals surface area contributed by atoms with Gasteiger partial charge in [0, 0.05) is 24.9 Å². The third-order valence-electron chi connectivity index (χ3n) is 3.17. The van der Waals surface area contributed by atoms with E-state index in [0.29, 0.717) is 13.0 Å². The highest BCUT2D eigenvalue weighted by atomic mass is 35.5. The number of benzene rings is 1. The van der Waals surface area contributed by atoms with E-state index in [2.05, 4.69) is 5.32 Å². The quantitative estimate of drug-likeness (QED) is 0.758. The molecule has 0 saturated carbocycles. The Morgan fingerprint density at radius 2 is 2.12 bits per heavy atom. The number of nitrogens with one attached hydrogen (secondary N) is 1. The second kappa shape index (κ2) is 3.86. The molecule has 1 unspecified atom stereocenters. The minimum Gasteiger partial charge on any atom is -0.482 e. The Hall–Kier alpha value is -0.870. The SMILES string of the molecule is Cl.Fc1ccc2c(c1F)OC1(CCNC1)C2. The largest absolute Gasteiger partial charge is 0.482 e. The predicted molar refractivity (Wildman–Crippen MR) is 58.2 cm³/mol. The molecule has 0 bridgehead atoms. The van der Waals surface area contributed by atoms with Crippen LogP contribution in [0.4, 0.5) is 8.78 Å². The number of fused-ring (bicyclic) bond motifs is 1. The first kappa shape index (κ1) is 11.6. The van der Waals surface area contributed by atoms with E-state index in [4.69, 9.17) is 4.74 Å². The van der Waals surface area contributed by atoms with Crippen LogP contribution in [-0.2, 0) is 6.42 Å².